The Kier molecular flexibility index (Phi) is 4.94. The summed E-state index contributed by atoms with van der Waals surface area (Å²) in [5.74, 6) is -1.95. The van der Waals surface area contributed by atoms with Gasteiger partial charge in [0, 0.05) is 11.1 Å². The van der Waals surface area contributed by atoms with Crippen molar-refractivity contribution in [3.63, 3.8) is 0 Å². The van der Waals surface area contributed by atoms with Gasteiger partial charge in [-0.25, -0.2) is 5.01 Å². The van der Waals surface area contributed by atoms with Gasteiger partial charge in [-0.1, -0.05) is 65.7 Å². The fraction of sp³-hybridized carbons (Fsp3) is 0.308. The zero-order valence-electron chi connectivity index (χ0n) is 17.9. The summed E-state index contributed by atoms with van der Waals surface area (Å²) >= 11 is 12.1. The molecule has 172 valence electrons. The highest BCUT2D eigenvalue weighted by Crippen LogP contribution is 2.65. The number of halogens is 2. The first-order chi connectivity index (χ1) is 16.4. The maximum atomic E-state index is 13.6. The number of amides is 3. The van der Waals surface area contributed by atoms with E-state index in [4.69, 9.17) is 23.2 Å². The van der Waals surface area contributed by atoms with E-state index in [1.165, 1.54) is 18.2 Å². The Labute approximate surface area is 206 Å². The van der Waals surface area contributed by atoms with Crippen LogP contribution in [0.3, 0.4) is 0 Å². The second-order valence-corrected chi connectivity index (χ2v) is 10.2. The first-order valence-corrected chi connectivity index (χ1v) is 12.0. The molecule has 3 amide bonds. The average molecular weight is 495 g/mol. The van der Waals surface area contributed by atoms with E-state index in [1.807, 2.05) is 0 Å². The van der Waals surface area contributed by atoms with E-state index < -0.39 is 36.1 Å². The van der Waals surface area contributed by atoms with Gasteiger partial charge in [0.05, 0.1) is 21.9 Å². The lowest BCUT2D eigenvalue weighted by Crippen LogP contribution is -2.52. The molecule has 2 aromatic carbocycles. The number of ketones is 1. The van der Waals surface area contributed by atoms with Crippen molar-refractivity contribution < 1.29 is 19.2 Å². The topological polar surface area (TPSA) is 74.8 Å². The molecule has 0 unspecified atom stereocenters. The number of carbonyl (C=O) groups is 4. The molecule has 2 saturated carbocycles. The minimum atomic E-state index is -0.659. The number of imide groups is 1. The molecule has 1 heterocycles. The number of hydrogen-bond donors (Lipinski definition) is 0. The Morgan fingerprint density at radius 2 is 1.47 bits per heavy atom. The summed E-state index contributed by atoms with van der Waals surface area (Å²) < 4.78 is 0. The second kappa shape index (κ2) is 7.79. The second-order valence-electron chi connectivity index (χ2n) is 9.42. The molecule has 0 N–H and O–H groups in total. The molecule has 1 saturated heterocycles. The SMILES string of the molecule is O=C(CN(C(=O)c1ccc(Cl)c(Cl)c1)N1C(=O)[C@@H]2[C@H]3C=C[C@@H]([C@@H]4C[C@H]34)[C@H]2C1=O)c1ccccc1. The van der Waals surface area contributed by atoms with Gasteiger partial charge >= 0.3 is 0 Å². The maximum absolute atomic E-state index is 13.6. The molecular formula is C26H20Cl2N2O4. The van der Waals surface area contributed by atoms with Crippen LogP contribution in [0.2, 0.25) is 10.0 Å². The van der Waals surface area contributed by atoms with Gasteiger partial charge in [0.15, 0.2) is 5.78 Å². The molecule has 6 nitrogen and oxygen atoms in total. The zero-order chi connectivity index (χ0) is 23.7. The van der Waals surface area contributed by atoms with Crippen LogP contribution in [-0.4, -0.2) is 40.1 Å². The lowest BCUT2D eigenvalue weighted by Gasteiger charge is -2.37. The smallest absolute Gasteiger partial charge is 0.273 e. The first-order valence-electron chi connectivity index (χ1n) is 11.3. The highest BCUT2D eigenvalue weighted by atomic mass is 35.5. The molecular weight excluding hydrogens is 475 g/mol. The van der Waals surface area contributed by atoms with E-state index in [9.17, 15) is 19.2 Å². The van der Waals surface area contributed by atoms with Gasteiger partial charge < -0.3 is 0 Å². The number of Topliss-reactive ketones (excluding diaryl/α,β-unsaturated/α-hetero) is 1. The van der Waals surface area contributed by atoms with Crippen LogP contribution in [0.15, 0.2) is 60.7 Å². The summed E-state index contributed by atoms with van der Waals surface area (Å²) in [6.45, 7) is -0.449. The molecule has 1 aliphatic heterocycles. The van der Waals surface area contributed by atoms with Crippen molar-refractivity contribution >= 4 is 46.7 Å². The standard InChI is InChI=1S/C26H20Cl2N2O4/c27-19-9-6-14(10-20(19)28)24(32)29(12-21(31)13-4-2-1-3-5-13)30-25(33)22-15-7-8-16(18-11-17(15)18)23(22)26(30)34/h1-10,15-18,22-23H,11-12H2/t15-,16-,17-,18+,22+,23+/m0/s1. The van der Waals surface area contributed by atoms with E-state index >= 15 is 0 Å². The van der Waals surface area contributed by atoms with Crippen LogP contribution >= 0.6 is 23.2 Å². The number of rotatable bonds is 5. The van der Waals surface area contributed by atoms with Gasteiger partial charge in [0.25, 0.3) is 17.7 Å². The van der Waals surface area contributed by atoms with E-state index in [0.717, 1.165) is 16.4 Å². The van der Waals surface area contributed by atoms with Crippen molar-refractivity contribution in [2.75, 3.05) is 6.54 Å². The summed E-state index contributed by atoms with van der Waals surface area (Å²) in [5, 5.41) is 2.35. The van der Waals surface area contributed by atoms with Crippen LogP contribution in [0.1, 0.15) is 27.1 Å². The monoisotopic (exact) mass is 494 g/mol. The molecule has 5 aliphatic rings. The molecule has 2 aromatic rings. The van der Waals surface area contributed by atoms with Gasteiger partial charge in [-0.05, 0) is 48.3 Å². The predicted octanol–water partition coefficient (Wildman–Crippen LogP) is 4.29. The molecule has 6 atom stereocenters. The van der Waals surface area contributed by atoms with E-state index in [0.29, 0.717) is 17.4 Å². The third-order valence-corrected chi connectivity index (χ3v) is 8.41. The van der Waals surface area contributed by atoms with Crippen LogP contribution in [0.25, 0.3) is 0 Å². The Balaban J connectivity index is 1.38. The third kappa shape index (κ3) is 3.16. The molecule has 34 heavy (non-hydrogen) atoms. The van der Waals surface area contributed by atoms with E-state index in [1.54, 1.807) is 30.3 Å². The molecule has 7 rings (SSSR count). The zero-order valence-corrected chi connectivity index (χ0v) is 19.4. The van der Waals surface area contributed by atoms with Gasteiger partial charge in [-0.15, -0.1) is 0 Å². The Hall–Kier alpha value is -2.96. The summed E-state index contributed by atoms with van der Waals surface area (Å²) in [6.07, 6.45) is 5.16. The number of hydrazine groups is 1. The molecule has 2 bridgehead atoms. The van der Waals surface area contributed by atoms with E-state index in [-0.39, 0.29) is 33.2 Å². The number of nitrogens with zero attached hydrogens (tertiary/aromatic N) is 2. The first kappa shape index (κ1) is 21.6. The van der Waals surface area contributed by atoms with E-state index in [2.05, 4.69) is 12.2 Å². The fourth-order valence-corrected chi connectivity index (χ4v) is 6.34. The van der Waals surface area contributed by atoms with Crippen LogP contribution in [-0.2, 0) is 9.59 Å². The van der Waals surface area contributed by atoms with Gasteiger partial charge in [-0.2, -0.15) is 5.01 Å². The molecule has 0 spiro atoms. The predicted molar refractivity (Wildman–Crippen MR) is 125 cm³/mol. The summed E-state index contributed by atoms with van der Waals surface area (Å²) in [4.78, 5) is 54.0. The van der Waals surface area contributed by atoms with Crippen molar-refractivity contribution in [1.29, 1.82) is 0 Å². The van der Waals surface area contributed by atoms with Gasteiger partial charge in [0.1, 0.15) is 6.54 Å². The van der Waals surface area contributed by atoms with Crippen molar-refractivity contribution in [3.8, 4) is 0 Å². The van der Waals surface area contributed by atoms with Crippen molar-refractivity contribution in [2.24, 2.45) is 35.5 Å². The molecule has 0 radical (unpaired) electrons. The summed E-state index contributed by atoms with van der Waals surface area (Å²) in [7, 11) is 0. The van der Waals surface area contributed by atoms with Crippen LogP contribution in [0.5, 0.6) is 0 Å². The van der Waals surface area contributed by atoms with Crippen LogP contribution in [0, 0.1) is 35.5 Å². The number of carbonyl (C=O) groups excluding carboxylic acids is 4. The molecule has 8 heteroatoms. The minimum absolute atomic E-state index is 0.00760. The largest absolute Gasteiger partial charge is 0.292 e. The number of benzene rings is 2. The van der Waals surface area contributed by atoms with Crippen LogP contribution < -0.4 is 0 Å². The summed E-state index contributed by atoms with van der Waals surface area (Å²) in [5.41, 5.74) is 0.517. The van der Waals surface area contributed by atoms with Crippen molar-refractivity contribution in [3.05, 3.63) is 81.9 Å². The fourth-order valence-electron chi connectivity index (χ4n) is 6.04. The summed E-state index contributed by atoms with van der Waals surface area (Å²) in [6, 6.07) is 12.8. The maximum Gasteiger partial charge on any atom is 0.273 e. The lowest BCUT2D eigenvalue weighted by molar-refractivity contribution is -0.154. The Bertz CT molecular complexity index is 1240. The van der Waals surface area contributed by atoms with Gasteiger partial charge in [-0.3, -0.25) is 19.2 Å². The average Bonchev–Trinajstić information content (AvgIpc) is 3.63. The third-order valence-electron chi connectivity index (χ3n) is 7.67. The number of allylic oxidation sites excluding steroid dienone is 2. The minimum Gasteiger partial charge on any atom is -0.292 e. The highest BCUT2D eigenvalue weighted by molar-refractivity contribution is 6.42. The molecule has 3 fully saturated rings. The molecule has 4 aliphatic carbocycles. The molecule has 0 aromatic heterocycles. The Morgan fingerprint density at radius 3 is 2.06 bits per heavy atom. The highest BCUT2D eigenvalue weighted by Gasteiger charge is 2.68. The normalized spacial score (nSPS) is 30.2. The Morgan fingerprint density at radius 1 is 0.853 bits per heavy atom. The number of hydrogen-bond acceptors (Lipinski definition) is 4. The van der Waals surface area contributed by atoms with Crippen molar-refractivity contribution in [2.45, 2.75) is 6.42 Å². The van der Waals surface area contributed by atoms with Crippen LogP contribution in [0.4, 0.5) is 0 Å². The lowest BCUT2D eigenvalue weighted by atomic mass is 9.63. The van der Waals surface area contributed by atoms with Gasteiger partial charge in [0.2, 0.25) is 0 Å². The quantitative estimate of drug-likeness (QED) is 0.353. The van der Waals surface area contributed by atoms with Crippen molar-refractivity contribution in [1.82, 2.24) is 10.0 Å².